The predicted molar refractivity (Wildman–Crippen MR) is 96.8 cm³/mol. The van der Waals surface area contributed by atoms with E-state index in [9.17, 15) is 0 Å². The minimum Gasteiger partial charge on any atom is -0.349 e. The summed E-state index contributed by atoms with van der Waals surface area (Å²) in [6.07, 6.45) is 0. The lowest BCUT2D eigenvalue weighted by Gasteiger charge is -2.30. The second-order valence-corrected chi connectivity index (χ2v) is 6.10. The van der Waals surface area contributed by atoms with Crippen molar-refractivity contribution in [2.45, 2.75) is 19.9 Å². The predicted octanol–water partition coefficient (Wildman–Crippen LogP) is 3.20. The molecule has 0 spiro atoms. The van der Waals surface area contributed by atoms with Crippen LogP contribution in [0, 0.1) is 0 Å². The highest BCUT2D eigenvalue weighted by Gasteiger charge is 2.20. The van der Waals surface area contributed by atoms with Crippen LogP contribution in [0.5, 0.6) is 0 Å². The fraction of sp³-hybridized carbons (Fsp3) is 0.588. The van der Waals surface area contributed by atoms with Gasteiger partial charge in [-0.2, -0.15) is 0 Å². The maximum atomic E-state index is 6.42. The second-order valence-electron chi connectivity index (χ2n) is 5.69. The number of aliphatic imine (C=N–C) groups is 1. The topological polar surface area (TPSA) is 22.1 Å². The Labute approximate surface area is 140 Å². The molecule has 0 aliphatic heterocycles. The Kier molecular flexibility index (Phi) is 7.69. The van der Waals surface area contributed by atoms with E-state index in [4.69, 9.17) is 16.6 Å². The summed E-state index contributed by atoms with van der Waals surface area (Å²) in [6, 6.07) is 8.26. The zero-order valence-electron chi connectivity index (χ0n) is 14.7. The number of rotatable bonds is 6. The van der Waals surface area contributed by atoms with E-state index >= 15 is 0 Å². The van der Waals surface area contributed by atoms with E-state index in [-0.39, 0.29) is 6.04 Å². The van der Waals surface area contributed by atoms with Gasteiger partial charge >= 0.3 is 0 Å². The zero-order valence-corrected chi connectivity index (χ0v) is 15.4. The van der Waals surface area contributed by atoms with Crippen LogP contribution in [0.15, 0.2) is 29.3 Å². The van der Waals surface area contributed by atoms with Gasteiger partial charge in [0.2, 0.25) is 0 Å². The van der Waals surface area contributed by atoms with Crippen molar-refractivity contribution < 1.29 is 0 Å². The molecule has 0 heterocycles. The van der Waals surface area contributed by atoms with Gasteiger partial charge in [0.05, 0.1) is 12.6 Å². The molecule has 0 amide bonds. The summed E-state index contributed by atoms with van der Waals surface area (Å²) in [4.78, 5) is 11.3. The van der Waals surface area contributed by atoms with Crippen LogP contribution in [0.1, 0.15) is 25.5 Å². The highest BCUT2D eigenvalue weighted by atomic mass is 35.5. The van der Waals surface area contributed by atoms with E-state index in [0.29, 0.717) is 6.54 Å². The van der Waals surface area contributed by atoms with Gasteiger partial charge in [0.15, 0.2) is 5.96 Å². The second kappa shape index (κ2) is 9.01. The highest BCUT2D eigenvalue weighted by Crippen LogP contribution is 2.27. The molecule has 1 aromatic rings. The smallest absolute Gasteiger partial charge is 0.195 e. The maximum absolute atomic E-state index is 6.42. The third-order valence-electron chi connectivity index (χ3n) is 3.72. The molecule has 0 bridgehead atoms. The number of guanidine groups is 1. The fourth-order valence-electron chi connectivity index (χ4n) is 2.67. The average Bonchev–Trinajstić information content (AvgIpc) is 2.46. The monoisotopic (exact) mass is 324 g/mol. The first-order chi connectivity index (χ1) is 10.4. The SMILES string of the molecule is CCN(CC)C(CN=C(N(C)C)N(C)C)c1ccccc1Cl. The zero-order chi connectivity index (χ0) is 16.7. The molecule has 1 aromatic carbocycles. The van der Waals surface area contributed by atoms with Crippen molar-refractivity contribution >= 4 is 17.6 Å². The third kappa shape index (κ3) is 4.89. The highest BCUT2D eigenvalue weighted by molar-refractivity contribution is 6.31. The van der Waals surface area contributed by atoms with Gasteiger partial charge < -0.3 is 9.80 Å². The molecule has 0 saturated heterocycles. The van der Waals surface area contributed by atoms with Gasteiger partial charge in [-0.1, -0.05) is 43.6 Å². The number of hydrogen-bond acceptors (Lipinski definition) is 2. The maximum Gasteiger partial charge on any atom is 0.195 e. The van der Waals surface area contributed by atoms with Crippen LogP contribution < -0.4 is 0 Å². The quantitative estimate of drug-likeness (QED) is 0.592. The van der Waals surface area contributed by atoms with Crippen molar-refractivity contribution in [3.8, 4) is 0 Å². The van der Waals surface area contributed by atoms with Crippen molar-refractivity contribution in [1.29, 1.82) is 0 Å². The summed E-state index contributed by atoms with van der Waals surface area (Å²) >= 11 is 6.42. The number of hydrogen-bond donors (Lipinski definition) is 0. The average molecular weight is 325 g/mol. The molecule has 4 nitrogen and oxygen atoms in total. The Morgan fingerprint density at radius 2 is 1.59 bits per heavy atom. The van der Waals surface area contributed by atoms with Gasteiger partial charge in [0.25, 0.3) is 0 Å². The van der Waals surface area contributed by atoms with Crippen molar-refractivity contribution in [3.63, 3.8) is 0 Å². The molecule has 1 unspecified atom stereocenters. The van der Waals surface area contributed by atoms with Gasteiger partial charge in [0.1, 0.15) is 0 Å². The van der Waals surface area contributed by atoms with Crippen LogP contribution in [0.4, 0.5) is 0 Å². The van der Waals surface area contributed by atoms with Gasteiger partial charge in [-0.05, 0) is 24.7 Å². The number of nitrogens with zero attached hydrogens (tertiary/aromatic N) is 4. The molecule has 0 aliphatic carbocycles. The van der Waals surface area contributed by atoms with Crippen LogP contribution in [0.3, 0.4) is 0 Å². The molecule has 1 atom stereocenters. The summed E-state index contributed by atoms with van der Waals surface area (Å²) in [5, 5.41) is 0.811. The summed E-state index contributed by atoms with van der Waals surface area (Å²) in [5.74, 6) is 0.962. The Morgan fingerprint density at radius 3 is 2.05 bits per heavy atom. The van der Waals surface area contributed by atoms with Crippen molar-refractivity contribution in [2.24, 2.45) is 4.99 Å². The van der Waals surface area contributed by atoms with Crippen LogP contribution in [0.25, 0.3) is 0 Å². The van der Waals surface area contributed by atoms with Gasteiger partial charge in [0, 0.05) is 33.2 Å². The first-order valence-electron chi connectivity index (χ1n) is 7.79. The lowest BCUT2D eigenvalue weighted by molar-refractivity contribution is 0.223. The molecule has 1 rings (SSSR count). The minimum absolute atomic E-state index is 0.193. The summed E-state index contributed by atoms with van der Waals surface area (Å²) < 4.78 is 0. The lowest BCUT2D eigenvalue weighted by atomic mass is 10.1. The van der Waals surface area contributed by atoms with Crippen LogP contribution >= 0.6 is 11.6 Å². The van der Waals surface area contributed by atoms with Crippen molar-refractivity contribution in [1.82, 2.24) is 14.7 Å². The van der Waals surface area contributed by atoms with Crippen LogP contribution in [0.2, 0.25) is 5.02 Å². The van der Waals surface area contributed by atoms with Gasteiger partial charge in [-0.25, -0.2) is 0 Å². The summed E-state index contributed by atoms with van der Waals surface area (Å²) in [6.45, 7) is 6.99. The normalized spacial score (nSPS) is 12.2. The molecule has 0 radical (unpaired) electrons. The Balaban J connectivity index is 3.12. The largest absolute Gasteiger partial charge is 0.349 e. The molecule has 0 N–H and O–H groups in total. The van der Waals surface area contributed by atoms with Gasteiger partial charge in [-0.15, -0.1) is 0 Å². The van der Waals surface area contributed by atoms with Gasteiger partial charge in [-0.3, -0.25) is 9.89 Å². The standard InChI is InChI=1S/C17H29ClN4/c1-7-22(8-2)16(14-11-9-10-12-15(14)18)13-19-17(20(3)4)21(5)6/h9-12,16H,7-8,13H2,1-6H3. The Hall–Kier alpha value is -1.26. The molecule has 5 heteroatoms. The van der Waals surface area contributed by atoms with E-state index in [1.165, 1.54) is 0 Å². The fourth-order valence-corrected chi connectivity index (χ4v) is 2.93. The molecular weight excluding hydrogens is 296 g/mol. The van der Waals surface area contributed by atoms with E-state index in [2.05, 4.69) is 24.8 Å². The molecule has 0 saturated carbocycles. The Bertz CT molecular complexity index is 471. The summed E-state index contributed by atoms with van der Waals surface area (Å²) in [7, 11) is 8.06. The Morgan fingerprint density at radius 1 is 1.05 bits per heavy atom. The van der Waals surface area contributed by atoms with Crippen LogP contribution in [-0.4, -0.2) is 68.5 Å². The first kappa shape index (κ1) is 18.8. The number of likely N-dealkylation sites (N-methyl/N-ethyl adjacent to an activating group) is 1. The van der Waals surface area contributed by atoms with Crippen molar-refractivity contribution in [3.05, 3.63) is 34.9 Å². The number of benzene rings is 1. The van der Waals surface area contributed by atoms with E-state index in [1.54, 1.807) is 0 Å². The molecule has 0 aliphatic rings. The van der Waals surface area contributed by atoms with E-state index < -0.39 is 0 Å². The lowest BCUT2D eigenvalue weighted by Crippen LogP contribution is -2.37. The third-order valence-corrected chi connectivity index (χ3v) is 4.07. The molecule has 22 heavy (non-hydrogen) atoms. The molecular formula is C17H29ClN4. The molecule has 124 valence electrons. The van der Waals surface area contributed by atoms with Crippen molar-refractivity contribution in [2.75, 3.05) is 47.8 Å². The minimum atomic E-state index is 0.193. The van der Waals surface area contributed by atoms with E-state index in [1.807, 2.05) is 56.2 Å². The van der Waals surface area contributed by atoms with Crippen LogP contribution in [-0.2, 0) is 0 Å². The number of halogens is 1. The molecule has 0 aromatic heterocycles. The molecule has 0 fully saturated rings. The first-order valence-corrected chi connectivity index (χ1v) is 8.17. The van der Waals surface area contributed by atoms with E-state index in [0.717, 1.165) is 29.6 Å². The summed E-state index contributed by atoms with van der Waals surface area (Å²) in [5.41, 5.74) is 1.15.